The van der Waals surface area contributed by atoms with Crippen LogP contribution in [0.15, 0.2) is 0 Å². The van der Waals surface area contributed by atoms with E-state index in [0.29, 0.717) is 6.42 Å². The van der Waals surface area contributed by atoms with Gasteiger partial charge in [-0.1, -0.05) is 64.2 Å². The molecule has 0 aromatic rings. The predicted molar refractivity (Wildman–Crippen MR) is 80.6 cm³/mol. The van der Waals surface area contributed by atoms with Crippen LogP contribution < -0.4 is 0 Å². The van der Waals surface area contributed by atoms with Crippen LogP contribution in [0.3, 0.4) is 0 Å². The van der Waals surface area contributed by atoms with Gasteiger partial charge in [0.1, 0.15) is 0 Å². The molecule has 2 fully saturated rings. The molecule has 2 aliphatic carbocycles. The molecule has 2 rings (SSSR count). The van der Waals surface area contributed by atoms with Gasteiger partial charge in [0.05, 0.1) is 15.4 Å². The summed E-state index contributed by atoms with van der Waals surface area (Å²) >= 11 is 0. The highest BCUT2D eigenvalue weighted by molar-refractivity contribution is 7.86. The Kier molecular flexibility index (Phi) is 5.91. The summed E-state index contributed by atoms with van der Waals surface area (Å²) in [6.45, 7) is 0. The summed E-state index contributed by atoms with van der Waals surface area (Å²) in [5.41, 5.74) is -0.191. The molecule has 118 valence electrons. The van der Waals surface area contributed by atoms with Gasteiger partial charge in [-0.2, -0.15) is 0 Å². The fourth-order valence-electron chi connectivity index (χ4n) is 4.44. The Balaban J connectivity index is 2.21. The molecule has 0 saturated heterocycles. The molecule has 1 unspecified atom stereocenters. The summed E-state index contributed by atoms with van der Waals surface area (Å²) in [5, 5.41) is -0.617. The Hall–Kier alpha value is -0.0900. The first-order valence-electron chi connectivity index (χ1n) is 8.49. The van der Waals surface area contributed by atoms with Crippen LogP contribution in [0.2, 0.25) is 0 Å². The lowest BCUT2D eigenvalue weighted by atomic mass is 9.67. The van der Waals surface area contributed by atoms with E-state index in [1.165, 1.54) is 32.1 Å². The van der Waals surface area contributed by atoms with Crippen molar-refractivity contribution in [3.05, 3.63) is 0 Å². The lowest BCUT2D eigenvalue weighted by Crippen LogP contribution is -2.42. The molecule has 2 aliphatic rings. The third-order valence-corrected chi connectivity index (χ3v) is 6.95. The second kappa shape index (κ2) is 7.26. The van der Waals surface area contributed by atoms with Crippen molar-refractivity contribution in [1.29, 1.82) is 0 Å². The van der Waals surface area contributed by atoms with Crippen LogP contribution in [0.25, 0.3) is 0 Å². The molecule has 1 atom stereocenters. The average Bonchev–Trinajstić information content (AvgIpc) is 2.44. The van der Waals surface area contributed by atoms with Gasteiger partial charge in [0.15, 0.2) is 0 Å². The van der Waals surface area contributed by atoms with Crippen molar-refractivity contribution in [2.45, 2.75) is 95.1 Å². The highest BCUT2D eigenvalue weighted by atomic mass is 32.2. The van der Waals surface area contributed by atoms with Gasteiger partial charge >= 0.3 is 0 Å². The number of hydrogen-bond acceptors (Lipinski definition) is 3. The van der Waals surface area contributed by atoms with E-state index in [4.69, 9.17) is 0 Å². The van der Waals surface area contributed by atoms with Crippen LogP contribution in [0.1, 0.15) is 89.9 Å². The van der Waals surface area contributed by atoms with Crippen LogP contribution in [0.4, 0.5) is 0 Å². The van der Waals surface area contributed by atoms with Gasteiger partial charge < -0.3 is 4.55 Å². The first-order chi connectivity index (χ1) is 9.55. The lowest BCUT2D eigenvalue weighted by Gasteiger charge is -2.45. The molecule has 0 N–H and O–H groups in total. The summed E-state index contributed by atoms with van der Waals surface area (Å²) in [5.74, 6) is 0. The van der Waals surface area contributed by atoms with E-state index >= 15 is 0 Å². The maximum absolute atomic E-state index is 11.9. The summed E-state index contributed by atoms with van der Waals surface area (Å²) in [7, 11) is -4.16. The van der Waals surface area contributed by atoms with Crippen molar-refractivity contribution in [2.24, 2.45) is 5.41 Å². The Bertz CT molecular complexity index is 383. The average molecular weight is 301 g/mol. The molecule has 4 heteroatoms. The maximum Gasteiger partial charge on any atom is 0.0980 e. The molecule has 0 aliphatic heterocycles. The zero-order valence-electron chi connectivity index (χ0n) is 12.6. The van der Waals surface area contributed by atoms with Crippen molar-refractivity contribution in [3.8, 4) is 0 Å². The number of hydrogen-bond donors (Lipinski definition) is 0. The van der Waals surface area contributed by atoms with Crippen LogP contribution in [-0.2, 0) is 10.1 Å². The monoisotopic (exact) mass is 301 g/mol. The first-order valence-corrected chi connectivity index (χ1v) is 9.96. The molecular weight excluding hydrogens is 272 g/mol. The lowest BCUT2D eigenvalue weighted by molar-refractivity contribution is 0.146. The van der Waals surface area contributed by atoms with Crippen molar-refractivity contribution in [1.82, 2.24) is 0 Å². The molecule has 1 spiro atoms. The molecule has 2 saturated carbocycles. The highest BCUT2D eigenvalue weighted by Crippen LogP contribution is 2.47. The summed E-state index contributed by atoms with van der Waals surface area (Å²) < 4.78 is 35.6. The summed E-state index contributed by atoms with van der Waals surface area (Å²) in [6.07, 6.45) is 14.9. The quantitative estimate of drug-likeness (QED) is 0.675. The third kappa shape index (κ3) is 4.20. The molecule has 0 aromatic heterocycles. The SMILES string of the molecule is O=S(=O)([O-])C1CCCCCCCCCC12CCCCC2. The molecule has 3 nitrogen and oxygen atoms in total. The largest absolute Gasteiger partial charge is 0.748 e. The van der Waals surface area contributed by atoms with E-state index in [0.717, 1.165) is 51.4 Å². The van der Waals surface area contributed by atoms with E-state index in [1.807, 2.05) is 0 Å². The number of rotatable bonds is 1. The minimum atomic E-state index is -4.16. The van der Waals surface area contributed by atoms with Crippen molar-refractivity contribution in [3.63, 3.8) is 0 Å². The van der Waals surface area contributed by atoms with E-state index in [9.17, 15) is 13.0 Å². The standard InChI is InChI=1S/C16H30O3S/c17-20(18,19)15-11-7-4-2-1-3-5-8-12-16(15)13-9-6-10-14-16/h15H,1-14H2,(H,17,18,19)/p-1. The minimum Gasteiger partial charge on any atom is -0.748 e. The van der Waals surface area contributed by atoms with E-state index in [2.05, 4.69) is 0 Å². The van der Waals surface area contributed by atoms with Crippen molar-refractivity contribution >= 4 is 10.1 Å². The normalized spacial score (nSPS) is 29.8. The predicted octanol–water partition coefficient (Wildman–Crippen LogP) is 4.38. The highest BCUT2D eigenvalue weighted by Gasteiger charge is 2.42. The fourth-order valence-corrected chi connectivity index (χ4v) is 5.86. The summed E-state index contributed by atoms with van der Waals surface area (Å²) in [4.78, 5) is 0. The van der Waals surface area contributed by atoms with Gasteiger partial charge in [-0.05, 0) is 31.1 Å². The third-order valence-electron chi connectivity index (χ3n) is 5.52. The smallest absolute Gasteiger partial charge is 0.0980 e. The second-order valence-corrected chi connectivity index (χ2v) is 8.47. The molecular formula is C16H29O3S-. The molecule has 0 bridgehead atoms. The van der Waals surface area contributed by atoms with Gasteiger partial charge in [0, 0.05) is 0 Å². The zero-order chi connectivity index (χ0) is 14.5. The topological polar surface area (TPSA) is 57.2 Å². The van der Waals surface area contributed by atoms with Gasteiger partial charge in [-0.25, -0.2) is 8.42 Å². The van der Waals surface area contributed by atoms with Crippen LogP contribution >= 0.6 is 0 Å². The molecule has 0 radical (unpaired) electrons. The van der Waals surface area contributed by atoms with Gasteiger partial charge in [-0.3, -0.25) is 0 Å². The molecule has 0 heterocycles. The van der Waals surface area contributed by atoms with Gasteiger partial charge in [0.25, 0.3) is 0 Å². The van der Waals surface area contributed by atoms with Crippen LogP contribution in [0.5, 0.6) is 0 Å². The first kappa shape index (κ1) is 16.3. The minimum absolute atomic E-state index is 0.191. The molecule has 0 amide bonds. The van der Waals surface area contributed by atoms with Crippen molar-refractivity contribution in [2.75, 3.05) is 0 Å². The van der Waals surface area contributed by atoms with Gasteiger partial charge in [-0.15, -0.1) is 0 Å². The van der Waals surface area contributed by atoms with Crippen LogP contribution in [0, 0.1) is 5.41 Å². The van der Waals surface area contributed by atoms with Crippen molar-refractivity contribution < 1.29 is 13.0 Å². The Morgan fingerprint density at radius 2 is 1.10 bits per heavy atom. The van der Waals surface area contributed by atoms with E-state index in [-0.39, 0.29) is 5.41 Å². The zero-order valence-corrected chi connectivity index (χ0v) is 13.4. The molecule has 0 aromatic carbocycles. The Morgan fingerprint density at radius 3 is 1.60 bits per heavy atom. The maximum atomic E-state index is 11.9. The van der Waals surface area contributed by atoms with E-state index in [1.54, 1.807) is 0 Å². The Morgan fingerprint density at radius 1 is 0.700 bits per heavy atom. The Labute approximate surface area is 124 Å². The second-order valence-electron chi connectivity index (χ2n) is 6.92. The van der Waals surface area contributed by atoms with E-state index < -0.39 is 15.4 Å². The summed E-state index contributed by atoms with van der Waals surface area (Å²) in [6, 6.07) is 0. The van der Waals surface area contributed by atoms with Crippen LogP contribution in [-0.4, -0.2) is 18.2 Å². The van der Waals surface area contributed by atoms with Gasteiger partial charge in [0.2, 0.25) is 0 Å². The molecule has 20 heavy (non-hydrogen) atoms. The fraction of sp³-hybridized carbons (Fsp3) is 1.00.